The molecule has 1 heterocycles. The quantitative estimate of drug-likeness (QED) is 0.497. The second-order valence-corrected chi connectivity index (χ2v) is 7.17. The van der Waals surface area contributed by atoms with Crippen LogP contribution in [0.5, 0.6) is 5.75 Å². The van der Waals surface area contributed by atoms with E-state index < -0.39 is 0 Å². The van der Waals surface area contributed by atoms with Crippen LogP contribution >= 0.6 is 0 Å². The van der Waals surface area contributed by atoms with Gasteiger partial charge in [0.1, 0.15) is 12.4 Å². The van der Waals surface area contributed by atoms with Gasteiger partial charge in [-0.15, -0.1) is 0 Å². The van der Waals surface area contributed by atoms with Gasteiger partial charge >= 0.3 is 0 Å². The maximum Gasteiger partial charge on any atom is 0.120 e. The SMILES string of the molecule is C(=Nc1ccc(N2CCCCC2)cc1)c1cccc(OCc2ccccc2)c1. The van der Waals surface area contributed by atoms with Crippen molar-refractivity contribution in [3.63, 3.8) is 0 Å². The first-order valence-corrected chi connectivity index (χ1v) is 10.0. The third-order valence-corrected chi connectivity index (χ3v) is 5.04. The Morgan fingerprint density at radius 3 is 2.39 bits per heavy atom. The van der Waals surface area contributed by atoms with Crippen LogP contribution < -0.4 is 9.64 Å². The molecule has 0 bridgehead atoms. The number of ether oxygens (including phenoxy) is 1. The lowest BCUT2D eigenvalue weighted by Gasteiger charge is -2.28. The van der Waals surface area contributed by atoms with Crippen LogP contribution in [0.3, 0.4) is 0 Å². The van der Waals surface area contributed by atoms with Crippen molar-refractivity contribution in [1.82, 2.24) is 0 Å². The van der Waals surface area contributed by atoms with Gasteiger partial charge in [-0.1, -0.05) is 42.5 Å². The molecule has 0 atom stereocenters. The second-order valence-electron chi connectivity index (χ2n) is 7.17. The number of nitrogens with zero attached hydrogens (tertiary/aromatic N) is 2. The van der Waals surface area contributed by atoms with Crippen LogP contribution in [0.25, 0.3) is 0 Å². The van der Waals surface area contributed by atoms with Crippen LogP contribution in [0, 0.1) is 0 Å². The Balaban J connectivity index is 1.37. The summed E-state index contributed by atoms with van der Waals surface area (Å²) < 4.78 is 5.90. The average molecular weight is 370 g/mol. The van der Waals surface area contributed by atoms with Crippen molar-refractivity contribution in [2.75, 3.05) is 18.0 Å². The molecule has 0 unspecified atom stereocenters. The summed E-state index contributed by atoms with van der Waals surface area (Å²) in [5.41, 5.74) is 4.47. The third kappa shape index (κ3) is 5.01. The van der Waals surface area contributed by atoms with E-state index >= 15 is 0 Å². The minimum absolute atomic E-state index is 0.569. The Hall–Kier alpha value is -3.07. The Morgan fingerprint density at radius 2 is 1.61 bits per heavy atom. The molecule has 0 spiro atoms. The smallest absolute Gasteiger partial charge is 0.120 e. The van der Waals surface area contributed by atoms with E-state index in [4.69, 9.17) is 4.74 Å². The normalized spacial score (nSPS) is 14.4. The maximum absolute atomic E-state index is 5.90. The molecule has 1 aliphatic heterocycles. The Kier molecular flexibility index (Phi) is 6.03. The lowest BCUT2D eigenvalue weighted by Crippen LogP contribution is -2.29. The highest BCUT2D eigenvalue weighted by atomic mass is 16.5. The molecule has 3 aromatic rings. The predicted octanol–water partition coefficient (Wildman–Crippen LogP) is 6.01. The van der Waals surface area contributed by atoms with Gasteiger partial charge in [-0.25, -0.2) is 0 Å². The molecule has 3 aromatic carbocycles. The molecule has 0 saturated carbocycles. The molecule has 1 fully saturated rings. The van der Waals surface area contributed by atoms with E-state index in [1.807, 2.05) is 48.7 Å². The molecule has 142 valence electrons. The molecule has 4 rings (SSSR count). The highest BCUT2D eigenvalue weighted by molar-refractivity contribution is 5.82. The molecule has 0 radical (unpaired) electrons. The van der Waals surface area contributed by atoms with Crippen molar-refractivity contribution in [2.24, 2.45) is 4.99 Å². The van der Waals surface area contributed by atoms with E-state index in [2.05, 4.69) is 46.3 Å². The van der Waals surface area contributed by atoms with Crippen LogP contribution in [0.4, 0.5) is 11.4 Å². The number of hydrogen-bond donors (Lipinski definition) is 0. The van der Waals surface area contributed by atoms with Crippen molar-refractivity contribution in [3.8, 4) is 5.75 Å². The summed E-state index contributed by atoms with van der Waals surface area (Å²) in [5.74, 6) is 0.855. The summed E-state index contributed by atoms with van der Waals surface area (Å²) in [5, 5.41) is 0. The summed E-state index contributed by atoms with van der Waals surface area (Å²) in [6, 6.07) is 26.8. The maximum atomic E-state index is 5.90. The number of piperidine rings is 1. The van der Waals surface area contributed by atoms with E-state index in [-0.39, 0.29) is 0 Å². The van der Waals surface area contributed by atoms with Crippen LogP contribution in [-0.4, -0.2) is 19.3 Å². The molecule has 3 nitrogen and oxygen atoms in total. The number of benzene rings is 3. The summed E-state index contributed by atoms with van der Waals surface area (Å²) in [6.07, 6.45) is 5.84. The molecule has 0 amide bonds. The van der Waals surface area contributed by atoms with E-state index in [1.165, 1.54) is 38.0 Å². The van der Waals surface area contributed by atoms with Crippen LogP contribution in [0.2, 0.25) is 0 Å². The summed E-state index contributed by atoms with van der Waals surface area (Å²) in [4.78, 5) is 7.09. The first kappa shape index (κ1) is 18.3. The highest BCUT2D eigenvalue weighted by Crippen LogP contribution is 2.23. The van der Waals surface area contributed by atoms with Gasteiger partial charge in [0.05, 0.1) is 5.69 Å². The van der Waals surface area contributed by atoms with Crippen molar-refractivity contribution in [3.05, 3.63) is 90.0 Å². The van der Waals surface area contributed by atoms with Gasteiger partial charge in [0.25, 0.3) is 0 Å². The van der Waals surface area contributed by atoms with Gasteiger partial charge in [0, 0.05) is 25.0 Å². The van der Waals surface area contributed by atoms with Gasteiger partial charge in [-0.2, -0.15) is 0 Å². The van der Waals surface area contributed by atoms with Crippen molar-refractivity contribution >= 4 is 17.6 Å². The standard InChI is InChI=1S/C25H26N2O/c1-3-8-21(9-4-1)20-28-25-11-7-10-22(18-25)19-26-23-12-14-24(15-13-23)27-16-5-2-6-17-27/h1,3-4,7-15,18-19H,2,5-6,16-17,20H2. The molecule has 28 heavy (non-hydrogen) atoms. The Labute approximate surface area is 167 Å². The summed E-state index contributed by atoms with van der Waals surface area (Å²) >= 11 is 0. The Bertz CT molecular complexity index is 897. The van der Waals surface area contributed by atoms with Gasteiger partial charge < -0.3 is 9.64 Å². The van der Waals surface area contributed by atoms with Gasteiger partial charge in [-0.3, -0.25) is 4.99 Å². The van der Waals surface area contributed by atoms with E-state index in [1.54, 1.807) is 0 Å². The molecule has 0 N–H and O–H groups in total. The monoisotopic (exact) mass is 370 g/mol. The molecule has 0 aliphatic carbocycles. The largest absolute Gasteiger partial charge is 0.489 e. The Morgan fingerprint density at radius 1 is 0.821 bits per heavy atom. The molecular formula is C25H26N2O. The molecule has 1 saturated heterocycles. The number of aliphatic imine (C=N–C) groups is 1. The lowest BCUT2D eigenvalue weighted by molar-refractivity contribution is 0.306. The zero-order valence-electron chi connectivity index (χ0n) is 16.1. The van der Waals surface area contributed by atoms with Gasteiger partial charge in [0.2, 0.25) is 0 Å². The van der Waals surface area contributed by atoms with E-state index in [9.17, 15) is 0 Å². The van der Waals surface area contributed by atoms with E-state index in [0.29, 0.717) is 6.61 Å². The molecule has 1 aliphatic rings. The van der Waals surface area contributed by atoms with Gasteiger partial charge in [-0.05, 0) is 66.8 Å². The first-order valence-electron chi connectivity index (χ1n) is 10.0. The topological polar surface area (TPSA) is 24.8 Å². The number of rotatable bonds is 6. The predicted molar refractivity (Wildman–Crippen MR) is 117 cm³/mol. The fourth-order valence-corrected chi connectivity index (χ4v) is 3.48. The minimum Gasteiger partial charge on any atom is -0.489 e. The zero-order chi connectivity index (χ0) is 19.0. The summed E-state index contributed by atoms with van der Waals surface area (Å²) in [7, 11) is 0. The number of hydrogen-bond acceptors (Lipinski definition) is 3. The lowest BCUT2D eigenvalue weighted by atomic mass is 10.1. The van der Waals surface area contributed by atoms with Gasteiger partial charge in [0.15, 0.2) is 0 Å². The molecular weight excluding hydrogens is 344 g/mol. The van der Waals surface area contributed by atoms with Crippen molar-refractivity contribution in [2.45, 2.75) is 25.9 Å². The average Bonchev–Trinajstić information content (AvgIpc) is 2.78. The fraction of sp³-hybridized carbons (Fsp3) is 0.240. The third-order valence-electron chi connectivity index (χ3n) is 5.04. The molecule has 3 heteroatoms. The highest BCUT2D eigenvalue weighted by Gasteiger charge is 2.10. The molecule has 0 aromatic heterocycles. The van der Waals surface area contributed by atoms with E-state index in [0.717, 1.165) is 22.6 Å². The number of anilines is 1. The summed E-state index contributed by atoms with van der Waals surface area (Å²) in [6.45, 7) is 2.90. The van der Waals surface area contributed by atoms with Crippen molar-refractivity contribution < 1.29 is 4.74 Å². The fourth-order valence-electron chi connectivity index (χ4n) is 3.48. The zero-order valence-corrected chi connectivity index (χ0v) is 16.1. The van der Waals surface area contributed by atoms with Crippen LogP contribution in [0.1, 0.15) is 30.4 Å². The first-order chi connectivity index (χ1) is 13.9. The second kappa shape index (κ2) is 9.23. The minimum atomic E-state index is 0.569. The van der Waals surface area contributed by atoms with Crippen molar-refractivity contribution in [1.29, 1.82) is 0 Å². The van der Waals surface area contributed by atoms with Crippen LogP contribution in [-0.2, 0) is 6.61 Å². The van der Waals surface area contributed by atoms with Crippen LogP contribution in [0.15, 0.2) is 83.9 Å².